The number of nitrogens with zero attached hydrogens (tertiary/aromatic N) is 1. The topological polar surface area (TPSA) is 71.3 Å². The quantitative estimate of drug-likeness (QED) is 0.909. The van der Waals surface area contributed by atoms with Crippen LogP contribution in [0, 0.1) is 0 Å². The maximum atomic E-state index is 11.7. The number of carbonyl (C=O) groups is 1. The van der Waals surface area contributed by atoms with Gasteiger partial charge in [-0.25, -0.2) is 4.79 Å². The molecule has 19 heavy (non-hydrogen) atoms. The van der Waals surface area contributed by atoms with Gasteiger partial charge in [0.15, 0.2) is 0 Å². The summed E-state index contributed by atoms with van der Waals surface area (Å²) in [5.41, 5.74) is 0.155. The lowest BCUT2D eigenvalue weighted by molar-refractivity contribution is 0.195. The number of nitrogens with one attached hydrogen (secondary N) is 1. The second-order valence-electron chi connectivity index (χ2n) is 3.83. The minimum atomic E-state index is -0.961. The largest absolute Gasteiger partial charge is 0.465 e. The van der Waals surface area contributed by atoms with Crippen molar-refractivity contribution in [2.45, 2.75) is 26.8 Å². The van der Waals surface area contributed by atoms with E-state index in [-0.39, 0.29) is 5.56 Å². The summed E-state index contributed by atoms with van der Waals surface area (Å²) in [6.07, 6.45) is 0.0460. The first-order valence-corrected chi connectivity index (χ1v) is 6.93. The molecule has 0 fully saturated rings. The predicted octanol–water partition coefficient (Wildman–Crippen LogP) is 2.75. The van der Waals surface area contributed by atoms with Crippen LogP contribution >= 0.6 is 11.5 Å². The number of rotatable bonds is 3. The molecule has 0 bridgehead atoms. The highest BCUT2D eigenvalue weighted by Crippen LogP contribution is 2.15. The second kappa shape index (κ2) is 7.58. The van der Waals surface area contributed by atoms with Gasteiger partial charge >= 0.3 is 6.09 Å². The number of aromatic nitrogens is 1. The summed E-state index contributed by atoms with van der Waals surface area (Å²) >= 11 is 1.55. The Kier molecular flexibility index (Phi) is 6.08. The molecule has 1 amide bonds. The molecule has 2 N–H and O–H groups in total. The smallest absolute Gasteiger partial charge is 0.404 e. The molecular weight excluding hydrogens is 264 g/mol. The molecule has 1 heterocycles. The van der Waals surface area contributed by atoms with E-state index < -0.39 is 6.09 Å². The minimum Gasteiger partial charge on any atom is -0.465 e. The number of amides is 1. The maximum absolute atomic E-state index is 11.7. The Morgan fingerprint density at radius 2 is 2.05 bits per heavy atom. The molecule has 1 aromatic heterocycles. The van der Waals surface area contributed by atoms with Gasteiger partial charge in [-0.1, -0.05) is 30.6 Å². The molecule has 2 aromatic rings. The van der Waals surface area contributed by atoms with Crippen molar-refractivity contribution < 1.29 is 9.90 Å². The molecule has 0 spiro atoms. The van der Waals surface area contributed by atoms with Crippen LogP contribution in [0.1, 0.15) is 20.3 Å². The molecule has 5 nitrogen and oxygen atoms in total. The minimum absolute atomic E-state index is 0.155. The average molecular weight is 282 g/mol. The molecule has 0 aliphatic carbocycles. The van der Waals surface area contributed by atoms with Crippen LogP contribution in [0.4, 0.5) is 4.79 Å². The Hall–Kier alpha value is -1.82. The lowest BCUT2D eigenvalue weighted by atomic mass is 10.3. The second-order valence-corrected chi connectivity index (χ2v) is 4.89. The van der Waals surface area contributed by atoms with E-state index in [0.717, 1.165) is 23.1 Å². The summed E-state index contributed by atoms with van der Waals surface area (Å²) in [4.78, 5) is 21.2. The van der Waals surface area contributed by atoms with E-state index in [1.165, 1.54) is 0 Å². The summed E-state index contributed by atoms with van der Waals surface area (Å²) in [6, 6.07) is 7.76. The van der Waals surface area contributed by atoms with Crippen molar-refractivity contribution in [2.75, 3.05) is 6.54 Å². The van der Waals surface area contributed by atoms with Gasteiger partial charge in [-0.3, -0.25) is 8.75 Å². The highest BCUT2D eigenvalue weighted by Gasteiger charge is 2.04. The van der Waals surface area contributed by atoms with E-state index in [9.17, 15) is 9.59 Å². The summed E-state index contributed by atoms with van der Waals surface area (Å²) in [5, 5.41) is 10.8. The Morgan fingerprint density at radius 1 is 1.37 bits per heavy atom. The van der Waals surface area contributed by atoms with Crippen molar-refractivity contribution in [3.63, 3.8) is 0 Å². The fourth-order valence-electron chi connectivity index (χ4n) is 1.52. The molecular formula is C13H18N2O3S. The van der Waals surface area contributed by atoms with Crippen LogP contribution < -0.4 is 10.9 Å². The molecule has 0 aliphatic heterocycles. The lowest BCUT2D eigenvalue weighted by Gasteiger charge is -1.92. The standard InChI is InChI=1S/C10H11NOS.C3H7NO2/c1-2-7-11-10(12)8-5-3-4-6-9(8)13-11;1-2-4-3(5)6/h3-6H,2,7H2,1H3;4H,2H2,1H3,(H,5,6). The molecule has 0 atom stereocenters. The Bertz CT molecular complexity index is 589. The molecule has 104 valence electrons. The molecule has 0 aliphatic rings. The SMILES string of the molecule is CCCn1sc2ccccc2c1=O.CCNC(=O)O. The first kappa shape index (κ1) is 15.2. The highest BCUT2D eigenvalue weighted by molar-refractivity contribution is 7.13. The van der Waals surface area contributed by atoms with Gasteiger partial charge in [-0.05, 0) is 25.5 Å². The maximum Gasteiger partial charge on any atom is 0.404 e. The van der Waals surface area contributed by atoms with Gasteiger partial charge in [0.2, 0.25) is 0 Å². The number of hydrogen-bond acceptors (Lipinski definition) is 3. The normalized spacial score (nSPS) is 9.79. The molecule has 6 heteroatoms. The van der Waals surface area contributed by atoms with Crippen LogP contribution in [-0.2, 0) is 6.54 Å². The van der Waals surface area contributed by atoms with E-state index >= 15 is 0 Å². The van der Waals surface area contributed by atoms with Crippen LogP contribution in [0.25, 0.3) is 10.1 Å². The summed E-state index contributed by atoms with van der Waals surface area (Å²) < 4.78 is 2.91. The van der Waals surface area contributed by atoms with Crippen LogP contribution in [0.5, 0.6) is 0 Å². The van der Waals surface area contributed by atoms with Crippen LogP contribution in [0.2, 0.25) is 0 Å². The van der Waals surface area contributed by atoms with E-state index in [0.29, 0.717) is 6.54 Å². The van der Waals surface area contributed by atoms with Gasteiger partial charge in [0, 0.05) is 13.1 Å². The van der Waals surface area contributed by atoms with Crippen molar-refractivity contribution in [3.05, 3.63) is 34.6 Å². The van der Waals surface area contributed by atoms with Gasteiger partial charge in [0.05, 0.1) is 10.1 Å². The monoisotopic (exact) mass is 282 g/mol. The van der Waals surface area contributed by atoms with Crippen molar-refractivity contribution in [3.8, 4) is 0 Å². The van der Waals surface area contributed by atoms with Crippen molar-refractivity contribution in [1.82, 2.24) is 9.27 Å². The zero-order valence-electron chi connectivity index (χ0n) is 11.0. The predicted molar refractivity (Wildman–Crippen MR) is 78.1 cm³/mol. The van der Waals surface area contributed by atoms with Crippen molar-refractivity contribution in [2.24, 2.45) is 0 Å². The molecule has 1 aromatic carbocycles. The summed E-state index contributed by atoms with van der Waals surface area (Å²) in [6.45, 7) is 5.12. The van der Waals surface area contributed by atoms with Gasteiger partial charge < -0.3 is 10.4 Å². The summed E-state index contributed by atoms with van der Waals surface area (Å²) in [5.74, 6) is 0. The Balaban J connectivity index is 0.000000258. The van der Waals surface area contributed by atoms with E-state index in [4.69, 9.17) is 5.11 Å². The molecule has 0 saturated carbocycles. The van der Waals surface area contributed by atoms with Crippen molar-refractivity contribution >= 4 is 27.7 Å². The van der Waals surface area contributed by atoms with Gasteiger partial charge in [0.1, 0.15) is 0 Å². The zero-order valence-corrected chi connectivity index (χ0v) is 11.9. The third-order valence-electron chi connectivity index (χ3n) is 2.31. The molecule has 0 unspecified atom stereocenters. The zero-order chi connectivity index (χ0) is 14.3. The lowest BCUT2D eigenvalue weighted by Crippen LogP contribution is -2.19. The van der Waals surface area contributed by atoms with E-state index in [1.807, 2.05) is 28.2 Å². The fourth-order valence-corrected chi connectivity index (χ4v) is 2.60. The van der Waals surface area contributed by atoms with Crippen LogP contribution in [0.15, 0.2) is 29.1 Å². The summed E-state index contributed by atoms with van der Waals surface area (Å²) in [7, 11) is 0. The number of benzene rings is 1. The highest BCUT2D eigenvalue weighted by atomic mass is 32.1. The van der Waals surface area contributed by atoms with Gasteiger partial charge in [0.25, 0.3) is 5.56 Å². The van der Waals surface area contributed by atoms with Crippen LogP contribution in [-0.4, -0.2) is 21.7 Å². The van der Waals surface area contributed by atoms with Gasteiger partial charge in [-0.2, -0.15) is 0 Å². The van der Waals surface area contributed by atoms with E-state index in [1.54, 1.807) is 18.5 Å². The molecule has 0 saturated heterocycles. The third-order valence-corrected chi connectivity index (χ3v) is 3.43. The molecule has 2 rings (SSSR count). The van der Waals surface area contributed by atoms with Crippen LogP contribution in [0.3, 0.4) is 0 Å². The number of aryl methyl sites for hydroxylation is 1. The average Bonchev–Trinajstić information content (AvgIpc) is 2.68. The number of hydrogen-bond donors (Lipinski definition) is 2. The molecule has 0 radical (unpaired) electrons. The van der Waals surface area contributed by atoms with Crippen molar-refractivity contribution in [1.29, 1.82) is 0 Å². The Morgan fingerprint density at radius 3 is 2.53 bits per heavy atom. The Labute approximate surface area is 115 Å². The number of carboxylic acid groups (broad SMARTS) is 1. The van der Waals surface area contributed by atoms with Gasteiger partial charge in [-0.15, -0.1) is 0 Å². The third kappa shape index (κ3) is 4.40. The number of fused-ring (bicyclic) bond motifs is 1. The fraction of sp³-hybridized carbons (Fsp3) is 0.385. The van der Waals surface area contributed by atoms with E-state index in [2.05, 4.69) is 12.2 Å². The first-order chi connectivity index (χ1) is 9.10. The first-order valence-electron chi connectivity index (χ1n) is 6.15.